The maximum Gasteiger partial charge on any atom is 0.205 e. The molecule has 0 saturated heterocycles. The lowest BCUT2D eigenvalue weighted by Gasteiger charge is -2.14. The van der Waals surface area contributed by atoms with Crippen molar-refractivity contribution in [1.29, 1.82) is 0 Å². The van der Waals surface area contributed by atoms with Crippen LogP contribution < -0.4 is 18.9 Å². The minimum absolute atomic E-state index is 0.127. The fourth-order valence-electron chi connectivity index (χ4n) is 3.31. The molecule has 0 aliphatic heterocycles. The van der Waals surface area contributed by atoms with Gasteiger partial charge in [0.05, 0.1) is 34.0 Å². The summed E-state index contributed by atoms with van der Waals surface area (Å²) in [5.74, 6) is 2.40. The van der Waals surface area contributed by atoms with Crippen molar-refractivity contribution in [2.75, 3.05) is 28.4 Å². The van der Waals surface area contributed by atoms with Crippen LogP contribution in [0.2, 0.25) is 0 Å². The molecule has 3 rings (SSSR count). The van der Waals surface area contributed by atoms with Crippen LogP contribution in [0.4, 0.5) is 0 Å². The summed E-state index contributed by atoms with van der Waals surface area (Å²) in [7, 11) is 8.31. The van der Waals surface area contributed by atoms with Gasteiger partial charge in [-0.05, 0) is 35.7 Å². The van der Waals surface area contributed by atoms with Gasteiger partial charge in [0.15, 0.2) is 23.0 Å². The summed E-state index contributed by atoms with van der Waals surface area (Å²) in [6.45, 7) is 0. The van der Waals surface area contributed by atoms with Gasteiger partial charge >= 0.3 is 0 Å². The molecule has 1 heterocycles. The highest BCUT2D eigenvalue weighted by atomic mass is 16.5. The van der Waals surface area contributed by atoms with Crippen LogP contribution in [0.25, 0.3) is 10.9 Å². The number of fused-ring (bicyclic) bond motifs is 1. The third kappa shape index (κ3) is 2.87. The summed E-state index contributed by atoms with van der Waals surface area (Å²) < 4.78 is 23.7. The van der Waals surface area contributed by atoms with Gasteiger partial charge in [0, 0.05) is 18.6 Å². The number of benzene rings is 2. The first-order valence-electron chi connectivity index (χ1n) is 8.16. The Balaban J connectivity index is 2.14. The summed E-state index contributed by atoms with van der Waals surface area (Å²) in [5, 5.41) is 11.0. The highest BCUT2D eigenvalue weighted by Crippen LogP contribution is 2.45. The van der Waals surface area contributed by atoms with Gasteiger partial charge in [0.1, 0.15) is 0 Å². The first kappa shape index (κ1) is 17.8. The van der Waals surface area contributed by atoms with Crippen LogP contribution in [0.1, 0.15) is 11.1 Å². The van der Waals surface area contributed by atoms with Crippen LogP contribution in [0, 0.1) is 0 Å². The first-order valence-corrected chi connectivity index (χ1v) is 8.16. The lowest BCUT2D eigenvalue weighted by molar-refractivity contribution is 0.326. The largest absolute Gasteiger partial charge is 0.504 e. The second-order valence-electron chi connectivity index (χ2n) is 5.99. The summed E-state index contributed by atoms with van der Waals surface area (Å²) in [6, 6.07) is 7.38. The number of rotatable bonds is 6. The van der Waals surface area contributed by atoms with Crippen molar-refractivity contribution in [3.63, 3.8) is 0 Å². The molecule has 0 spiro atoms. The smallest absolute Gasteiger partial charge is 0.205 e. The SMILES string of the molecule is COc1ccc(Cc2cn(C)c3c(OC)c(OC)c(OC)cc23)cc1O. The predicted molar refractivity (Wildman–Crippen MR) is 100 cm³/mol. The Kier molecular flexibility index (Phi) is 4.84. The highest BCUT2D eigenvalue weighted by molar-refractivity contribution is 5.94. The molecule has 138 valence electrons. The lowest BCUT2D eigenvalue weighted by Crippen LogP contribution is -1.97. The van der Waals surface area contributed by atoms with E-state index < -0.39 is 0 Å². The zero-order chi connectivity index (χ0) is 18.8. The highest BCUT2D eigenvalue weighted by Gasteiger charge is 2.21. The minimum Gasteiger partial charge on any atom is -0.504 e. The molecule has 0 unspecified atom stereocenters. The average Bonchev–Trinajstić information content (AvgIpc) is 2.95. The quantitative estimate of drug-likeness (QED) is 0.731. The number of ether oxygens (including phenoxy) is 4. The van der Waals surface area contributed by atoms with Crippen LogP contribution in [0.15, 0.2) is 30.5 Å². The molecule has 0 atom stereocenters. The fraction of sp³-hybridized carbons (Fsp3) is 0.300. The number of phenols is 1. The normalized spacial score (nSPS) is 10.8. The Labute approximate surface area is 152 Å². The monoisotopic (exact) mass is 357 g/mol. The fourth-order valence-corrected chi connectivity index (χ4v) is 3.31. The Morgan fingerprint density at radius 3 is 2.15 bits per heavy atom. The molecule has 0 saturated carbocycles. The second-order valence-corrected chi connectivity index (χ2v) is 5.99. The number of phenolic OH excluding ortho intramolecular Hbond substituents is 1. The number of nitrogens with zero attached hydrogens (tertiary/aromatic N) is 1. The van der Waals surface area contributed by atoms with Crippen LogP contribution in [-0.2, 0) is 13.5 Å². The average molecular weight is 357 g/mol. The zero-order valence-corrected chi connectivity index (χ0v) is 15.6. The third-order valence-electron chi connectivity index (χ3n) is 4.49. The standard InChI is InChI=1S/C20H23NO5/c1-21-11-13(8-12-6-7-16(23-2)15(22)9-12)14-10-17(24-3)19(25-4)20(26-5)18(14)21/h6-7,9-11,22H,8H2,1-5H3. The van der Waals surface area contributed by atoms with E-state index in [0.717, 1.165) is 22.0 Å². The molecule has 1 aromatic heterocycles. The van der Waals surface area contributed by atoms with Crippen molar-refractivity contribution in [1.82, 2.24) is 4.57 Å². The van der Waals surface area contributed by atoms with E-state index in [1.807, 2.05) is 29.9 Å². The molecule has 0 radical (unpaired) electrons. The number of methoxy groups -OCH3 is 4. The van der Waals surface area contributed by atoms with Crippen LogP contribution in [0.5, 0.6) is 28.7 Å². The van der Waals surface area contributed by atoms with Gasteiger partial charge in [-0.3, -0.25) is 0 Å². The van der Waals surface area contributed by atoms with Gasteiger partial charge in [0.2, 0.25) is 5.75 Å². The summed E-state index contributed by atoms with van der Waals surface area (Å²) in [6.07, 6.45) is 2.70. The number of hydrogen-bond donors (Lipinski definition) is 1. The maximum absolute atomic E-state index is 10.0. The molecular formula is C20H23NO5. The van der Waals surface area contributed by atoms with E-state index in [4.69, 9.17) is 18.9 Å². The van der Waals surface area contributed by atoms with Gasteiger partial charge in [-0.25, -0.2) is 0 Å². The topological polar surface area (TPSA) is 62.1 Å². The first-order chi connectivity index (χ1) is 12.5. The maximum atomic E-state index is 10.0. The molecule has 3 aromatic rings. The number of aromatic hydroxyl groups is 1. The van der Waals surface area contributed by atoms with E-state index in [0.29, 0.717) is 29.4 Å². The van der Waals surface area contributed by atoms with E-state index >= 15 is 0 Å². The molecule has 0 fully saturated rings. The lowest BCUT2D eigenvalue weighted by atomic mass is 10.0. The number of aromatic nitrogens is 1. The van der Waals surface area contributed by atoms with E-state index in [-0.39, 0.29) is 5.75 Å². The van der Waals surface area contributed by atoms with Crippen molar-refractivity contribution in [2.45, 2.75) is 6.42 Å². The van der Waals surface area contributed by atoms with Gasteiger partial charge in [-0.1, -0.05) is 6.07 Å². The van der Waals surface area contributed by atoms with Crippen molar-refractivity contribution in [3.05, 3.63) is 41.6 Å². The number of aryl methyl sites for hydroxylation is 1. The summed E-state index contributed by atoms with van der Waals surface area (Å²) >= 11 is 0. The second kappa shape index (κ2) is 7.07. The molecule has 0 aliphatic carbocycles. The van der Waals surface area contributed by atoms with E-state index in [1.54, 1.807) is 33.5 Å². The predicted octanol–water partition coefficient (Wildman–Crippen LogP) is 3.51. The van der Waals surface area contributed by atoms with Gasteiger partial charge in [0.25, 0.3) is 0 Å². The Morgan fingerprint density at radius 2 is 1.58 bits per heavy atom. The number of hydrogen-bond acceptors (Lipinski definition) is 5. The molecule has 26 heavy (non-hydrogen) atoms. The molecule has 1 N–H and O–H groups in total. The molecular weight excluding hydrogens is 334 g/mol. The Hall–Kier alpha value is -3.02. The minimum atomic E-state index is 0.127. The van der Waals surface area contributed by atoms with Crippen LogP contribution >= 0.6 is 0 Å². The van der Waals surface area contributed by atoms with Crippen LogP contribution in [-0.4, -0.2) is 38.1 Å². The van der Waals surface area contributed by atoms with Crippen molar-refractivity contribution < 1.29 is 24.1 Å². The summed E-state index contributed by atoms with van der Waals surface area (Å²) in [5.41, 5.74) is 2.99. The zero-order valence-electron chi connectivity index (χ0n) is 15.6. The van der Waals surface area contributed by atoms with Gasteiger partial charge < -0.3 is 28.6 Å². The van der Waals surface area contributed by atoms with Crippen molar-refractivity contribution >= 4 is 10.9 Å². The van der Waals surface area contributed by atoms with Gasteiger partial charge in [-0.2, -0.15) is 0 Å². The molecule has 0 bridgehead atoms. The van der Waals surface area contributed by atoms with E-state index in [2.05, 4.69) is 0 Å². The summed E-state index contributed by atoms with van der Waals surface area (Å²) in [4.78, 5) is 0. The Morgan fingerprint density at radius 1 is 0.885 bits per heavy atom. The van der Waals surface area contributed by atoms with Crippen molar-refractivity contribution in [3.8, 4) is 28.7 Å². The van der Waals surface area contributed by atoms with Crippen molar-refractivity contribution in [2.24, 2.45) is 7.05 Å². The van der Waals surface area contributed by atoms with E-state index in [9.17, 15) is 5.11 Å². The molecule has 6 nitrogen and oxygen atoms in total. The molecule has 6 heteroatoms. The molecule has 0 amide bonds. The molecule has 0 aliphatic rings. The van der Waals surface area contributed by atoms with E-state index in [1.165, 1.54) is 7.11 Å². The van der Waals surface area contributed by atoms with Gasteiger partial charge in [-0.15, -0.1) is 0 Å². The van der Waals surface area contributed by atoms with Crippen LogP contribution in [0.3, 0.4) is 0 Å². The molecule has 2 aromatic carbocycles. The Bertz CT molecular complexity index is 945. The third-order valence-corrected chi connectivity index (χ3v) is 4.49.